The van der Waals surface area contributed by atoms with Crippen LogP contribution in [0.1, 0.15) is 6.42 Å². The fourth-order valence-corrected chi connectivity index (χ4v) is 0.973. The molecule has 1 aliphatic rings. The van der Waals surface area contributed by atoms with Crippen LogP contribution in [0.25, 0.3) is 0 Å². The average Bonchev–Trinajstić information content (AvgIpc) is 2.40. The monoisotopic (exact) mass is 315 g/mol. The zero-order chi connectivity index (χ0) is 7.82. The Morgan fingerprint density at radius 1 is 1.58 bits per heavy atom. The molecule has 0 amide bonds. The topological polar surface area (TPSA) is 9.23 Å². The summed E-state index contributed by atoms with van der Waals surface area (Å²) in [6.45, 7) is 0. The van der Waals surface area contributed by atoms with Crippen molar-refractivity contribution < 1.29 is 27.6 Å². The molecule has 0 radical (unpaired) electrons. The summed E-state index contributed by atoms with van der Waals surface area (Å²) in [6, 6.07) is 0. The molecule has 0 aromatic rings. The van der Waals surface area contributed by atoms with E-state index in [2.05, 4.69) is 24.0 Å². The first-order valence-electron chi connectivity index (χ1n) is 3.37. The van der Waals surface area contributed by atoms with Crippen LogP contribution in [0.4, 0.5) is 0 Å². The molecule has 0 bridgehead atoms. The first-order valence-corrected chi connectivity index (χ1v) is 7.41. The molecule has 0 unspecified atom stereocenters. The van der Waals surface area contributed by atoms with Crippen LogP contribution in [-0.4, -0.2) is 32.2 Å². The first kappa shape index (κ1) is 19.5. The van der Waals surface area contributed by atoms with Crippen molar-refractivity contribution >= 4 is 57.0 Å². The van der Waals surface area contributed by atoms with Crippen molar-refractivity contribution in [2.45, 2.75) is 12.2 Å². The SMILES string of the molecule is Cl.Cl.[CH3][AlH][O][AlH2].[Zr][C]1=CC=CC1. The second kappa shape index (κ2) is 15.4. The molecule has 0 saturated carbocycles. The van der Waals surface area contributed by atoms with Gasteiger partial charge in [0.05, 0.1) is 0 Å². The fourth-order valence-electron chi connectivity index (χ4n) is 0.447. The van der Waals surface area contributed by atoms with Crippen LogP contribution in [0.15, 0.2) is 21.5 Å². The van der Waals surface area contributed by atoms with Gasteiger partial charge in [-0.1, -0.05) is 5.79 Å². The van der Waals surface area contributed by atoms with Crippen LogP contribution < -0.4 is 0 Å². The third kappa shape index (κ3) is 14.5. The quantitative estimate of drug-likeness (QED) is 0.660. The van der Waals surface area contributed by atoms with Crippen LogP contribution in [0.5, 0.6) is 0 Å². The molecule has 0 aromatic carbocycles. The van der Waals surface area contributed by atoms with E-state index in [9.17, 15) is 0 Å². The molecule has 0 N–H and O–H groups in total. The van der Waals surface area contributed by atoms with Crippen molar-refractivity contribution in [2.75, 3.05) is 0 Å². The van der Waals surface area contributed by atoms with Gasteiger partial charge in [0.15, 0.2) is 0 Å². The maximum atomic E-state index is 4.82. The van der Waals surface area contributed by atoms with Crippen molar-refractivity contribution in [2.24, 2.45) is 0 Å². The van der Waals surface area contributed by atoms with Crippen LogP contribution in [0.3, 0.4) is 0 Å². The number of allylic oxidation sites excluding steroid dienone is 4. The molecule has 1 rings (SSSR count). The van der Waals surface area contributed by atoms with Crippen LogP contribution in [-0.2, 0) is 27.6 Å². The molecule has 0 fully saturated rings. The summed E-state index contributed by atoms with van der Waals surface area (Å²) < 4.78 is 6.38. The molecular formula is C6H13Al2Cl2OZr. The normalized spacial score (nSPS) is 11.2. The predicted molar refractivity (Wildman–Crippen MR) is 59.0 cm³/mol. The van der Waals surface area contributed by atoms with Crippen LogP contribution in [0, 0.1) is 0 Å². The molecule has 0 spiro atoms. The van der Waals surface area contributed by atoms with E-state index in [0.29, 0.717) is 0 Å². The van der Waals surface area contributed by atoms with Gasteiger partial charge >= 0.3 is 84.8 Å². The van der Waals surface area contributed by atoms with Crippen molar-refractivity contribution in [3.63, 3.8) is 0 Å². The molecule has 1 nitrogen and oxygen atoms in total. The number of hydrogen-bond acceptors (Lipinski definition) is 1. The standard InChI is InChI=1S/C5H5.CH3.2Al.2ClH.O.Zr.3H/c1-2-4-5-3-1;;;;;;;;;;/h1-3H,4H2;1H3;;;2*1H;;;;;. The molecule has 0 aliphatic heterocycles. The van der Waals surface area contributed by atoms with Gasteiger partial charge in [0.1, 0.15) is 0 Å². The maximum absolute atomic E-state index is 4.82. The third-order valence-electron chi connectivity index (χ3n) is 1.06. The Balaban J connectivity index is -0.000000124. The van der Waals surface area contributed by atoms with Crippen molar-refractivity contribution in [3.05, 3.63) is 21.5 Å². The van der Waals surface area contributed by atoms with Gasteiger partial charge in [-0.3, -0.25) is 0 Å². The molecule has 0 aromatic heterocycles. The molecule has 67 valence electrons. The summed E-state index contributed by atoms with van der Waals surface area (Å²) in [5, 5.41) is 0. The van der Waals surface area contributed by atoms with E-state index in [1.165, 1.54) is 6.42 Å². The summed E-state index contributed by atoms with van der Waals surface area (Å²) in [5.41, 5.74) is 0. The van der Waals surface area contributed by atoms with E-state index >= 15 is 0 Å². The van der Waals surface area contributed by atoms with E-state index in [-0.39, 0.29) is 40.4 Å². The summed E-state index contributed by atoms with van der Waals surface area (Å²) in [7, 11) is 0. The molecule has 0 saturated heterocycles. The summed E-state index contributed by atoms with van der Waals surface area (Å²) in [6.07, 6.45) is 7.69. The van der Waals surface area contributed by atoms with Crippen LogP contribution >= 0.6 is 24.8 Å². The fraction of sp³-hybridized carbons (Fsp3) is 0.333. The average molecular weight is 317 g/mol. The Morgan fingerprint density at radius 2 is 2.08 bits per heavy atom. The molecule has 12 heavy (non-hydrogen) atoms. The van der Waals surface area contributed by atoms with Crippen molar-refractivity contribution in [1.29, 1.82) is 0 Å². The van der Waals surface area contributed by atoms with Gasteiger partial charge < -0.3 is 2.84 Å². The van der Waals surface area contributed by atoms with Gasteiger partial charge in [-0.15, -0.1) is 24.8 Å². The Kier molecular flexibility index (Phi) is 25.1. The van der Waals surface area contributed by atoms with E-state index in [0.717, 1.165) is 16.6 Å². The van der Waals surface area contributed by atoms with Crippen molar-refractivity contribution in [1.82, 2.24) is 0 Å². The van der Waals surface area contributed by atoms with Crippen LogP contribution in [0.2, 0.25) is 5.79 Å². The number of rotatable bonds is 1. The summed E-state index contributed by atoms with van der Waals surface area (Å²) in [4.78, 5) is 0. The Hall–Kier alpha value is 1.97. The van der Waals surface area contributed by atoms with Gasteiger partial charge in [0.25, 0.3) is 0 Å². The minimum atomic E-state index is -0.0139. The molecule has 6 heteroatoms. The van der Waals surface area contributed by atoms with E-state index in [1.54, 1.807) is 28.0 Å². The Labute approximate surface area is 117 Å². The second-order valence-corrected chi connectivity index (χ2v) is 6.37. The molecule has 0 heterocycles. The first-order chi connectivity index (χ1) is 4.81. The van der Waals surface area contributed by atoms with E-state index in [4.69, 9.17) is 2.84 Å². The van der Waals surface area contributed by atoms with Gasteiger partial charge in [-0.05, 0) is 0 Å². The van der Waals surface area contributed by atoms with Gasteiger partial charge in [0.2, 0.25) is 0 Å². The third-order valence-corrected chi connectivity index (χ3v) is 4.28. The van der Waals surface area contributed by atoms with Gasteiger partial charge in [-0.25, -0.2) is 0 Å². The predicted octanol–water partition coefficient (Wildman–Crippen LogP) is 1.17. The Bertz CT molecular complexity index is 140. The zero-order valence-corrected chi connectivity index (χ0v) is 14.9. The van der Waals surface area contributed by atoms with E-state index in [1.807, 2.05) is 0 Å². The second-order valence-electron chi connectivity index (χ2n) is 1.90. The zero-order valence-electron chi connectivity index (χ0n) is 7.37. The molecular weight excluding hydrogens is 304 g/mol. The van der Waals surface area contributed by atoms with E-state index < -0.39 is 0 Å². The molecule has 1 aliphatic carbocycles. The minimum absolute atomic E-state index is 0. The number of hydrogen-bond donors (Lipinski definition) is 0. The van der Waals surface area contributed by atoms with Gasteiger partial charge in [0, 0.05) is 0 Å². The van der Waals surface area contributed by atoms with Gasteiger partial charge in [-0.2, -0.15) is 0 Å². The Morgan fingerprint density at radius 3 is 2.17 bits per heavy atom. The number of halogens is 2. The summed E-state index contributed by atoms with van der Waals surface area (Å²) in [5.74, 6) is 2.13. The summed E-state index contributed by atoms with van der Waals surface area (Å²) >= 11 is 2.50. The molecule has 0 atom stereocenters. The van der Waals surface area contributed by atoms with Crippen molar-refractivity contribution in [3.8, 4) is 0 Å².